The summed E-state index contributed by atoms with van der Waals surface area (Å²) in [6.07, 6.45) is -0.736. The van der Waals surface area contributed by atoms with Gasteiger partial charge in [0, 0.05) is 5.92 Å². The number of hydrogen-bond acceptors (Lipinski definition) is 7. The van der Waals surface area contributed by atoms with E-state index in [1.165, 1.54) is 12.1 Å². The summed E-state index contributed by atoms with van der Waals surface area (Å²) >= 11 is 0. The lowest BCUT2D eigenvalue weighted by atomic mass is 9.85. The Morgan fingerprint density at radius 1 is 1.12 bits per heavy atom. The topological polar surface area (TPSA) is 94.6 Å². The maximum Gasteiger partial charge on any atom is 0.297 e. The van der Waals surface area contributed by atoms with Crippen molar-refractivity contribution in [3.63, 3.8) is 0 Å². The molecule has 8 heteroatoms. The third kappa shape index (κ3) is 2.55. The van der Waals surface area contributed by atoms with Gasteiger partial charge in [0.05, 0.1) is 18.1 Å². The van der Waals surface area contributed by atoms with Crippen LogP contribution in [0.4, 0.5) is 0 Å². The number of epoxide rings is 1. The summed E-state index contributed by atoms with van der Waals surface area (Å²) in [5.41, 5.74) is -0.709. The van der Waals surface area contributed by atoms with Gasteiger partial charge in [-0.2, -0.15) is 8.42 Å². The van der Waals surface area contributed by atoms with Crippen LogP contribution >= 0.6 is 0 Å². The highest BCUT2D eigenvalue weighted by Crippen LogP contribution is 2.64. The SMILES string of the molecule is Cc1ccc(S(=O)(=O)OC[C@@]23OC(C)(C)O[C@@H]2[C@@H]2O[C@]2(C)[C@H]3CO)cc1. The zero-order valence-corrected chi connectivity index (χ0v) is 16.1. The van der Waals surface area contributed by atoms with Gasteiger partial charge in [-0.05, 0) is 39.8 Å². The molecule has 7 nitrogen and oxygen atoms in total. The molecule has 2 heterocycles. The minimum absolute atomic E-state index is 0.0837. The largest absolute Gasteiger partial charge is 0.396 e. The molecule has 1 aromatic carbocycles. The highest BCUT2D eigenvalue weighted by molar-refractivity contribution is 7.86. The van der Waals surface area contributed by atoms with E-state index in [1.54, 1.807) is 26.0 Å². The van der Waals surface area contributed by atoms with Crippen LogP contribution in [0.3, 0.4) is 0 Å². The maximum absolute atomic E-state index is 12.6. The monoisotopic (exact) mass is 384 g/mol. The molecule has 3 fully saturated rings. The van der Waals surface area contributed by atoms with E-state index in [9.17, 15) is 13.5 Å². The third-order valence-electron chi connectivity index (χ3n) is 5.71. The number of hydrogen-bond donors (Lipinski definition) is 1. The first-order valence-electron chi connectivity index (χ1n) is 8.67. The van der Waals surface area contributed by atoms with E-state index in [4.69, 9.17) is 18.4 Å². The lowest BCUT2D eigenvalue weighted by Gasteiger charge is -2.36. The van der Waals surface area contributed by atoms with E-state index in [0.29, 0.717) is 0 Å². The summed E-state index contributed by atoms with van der Waals surface area (Å²) in [4.78, 5) is 0.0837. The van der Waals surface area contributed by atoms with Gasteiger partial charge in [-0.25, -0.2) is 0 Å². The molecule has 4 rings (SSSR count). The molecule has 2 saturated heterocycles. The molecular formula is C18H24O7S. The molecule has 144 valence electrons. The van der Waals surface area contributed by atoms with Crippen LogP contribution in [0.2, 0.25) is 0 Å². The van der Waals surface area contributed by atoms with Crippen LogP contribution in [-0.4, -0.2) is 55.9 Å². The van der Waals surface area contributed by atoms with Crippen molar-refractivity contribution in [2.45, 2.75) is 61.8 Å². The standard InChI is InChI=1S/C18H24O7S/c1-11-5-7-12(8-6-11)26(20,21)22-10-18-13(9-19)17(4)14(24-17)15(18)23-16(2,3)25-18/h5-8,13-15,19H,9-10H2,1-4H3/t13-,14+,15-,17-,18+/m1/s1. The lowest BCUT2D eigenvalue weighted by molar-refractivity contribution is -0.190. The van der Waals surface area contributed by atoms with Gasteiger partial charge in [0.1, 0.15) is 23.4 Å². The lowest BCUT2D eigenvalue weighted by Crippen LogP contribution is -2.53. The van der Waals surface area contributed by atoms with Gasteiger partial charge in [0.25, 0.3) is 10.1 Å². The van der Waals surface area contributed by atoms with Crippen molar-refractivity contribution in [3.05, 3.63) is 29.8 Å². The van der Waals surface area contributed by atoms with Gasteiger partial charge >= 0.3 is 0 Å². The Labute approximate surface area is 153 Å². The first-order chi connectivity index (χ1) is 12.0. The van der Waals surface area contributed by atoms with Crippen molar-refractivity contribution in [2.75, 3.05) is 13.2 Å². The Bertz CT molecular complexity index is 818. The summed E-state index contributed by atoms with van der Waals surface area (Å²) in [5.74, 6) is -1.36. The van der Waals surface area contributed by atoms with Crippen molar-refractivity contribution < 1.29 is 31.9 Å². The highest BCUT2D eigenvalue weighted by atomic mass is 32.2. The van der Waals surface area contributed by atoms with E-state index >= 15 is 0 Å². The van der Waals surface area contributed by atoms with Crippen LogP contribution in [0.1, 0.15) is 26.3 Å². The molecule has 1 aliphatic carbocycles. The third-order valence-corrected chi connectivity index (χ3v) is 6.98. The Kier molecular flexibility index (Phi) is 3.88. The molecule has 26 heavy (non-hydrogen) atoms. The Hall–Kier alpha value is -1.03. The number of aryl methyl sites for hydroxylation is 1. The quantitative estimate of drug-likeness (QED) is 0.605. The molecule has 0 amide bonds. The van der Waals surface area contributed by atoms with E-state index < -0.39 is 39.1 Å². The average molecular weight is 384 g/mol. The normalized spacial score (nSPS) is 40.3. The average Bonchev–Trinajstić information content (AvgIpc) is 3.07. The fourth-order valence-electron chi connectivity index (χ4n) is 4.39. The number of benzene rings is 1. The van der Waals surface area contributed by atoms with Crippen LogP contribution in [0.25, 0.3) is 0 Å². The van der Waals surface area contributed by atoms with Crippen molar-refractivity contribution in [2.24, 2.45) is 5.92 Å². The molecule has 1 aromatic rings. The molecule has 0 spiro atoms. The Morgan fingerprint density at radius 2 is 1.77 bits per heavy atom. The molecule has 3 aliphatic rings. The van der Waals surface area contributed by atoms with E-state index in [1.807, 2.05) is 13.8 Å². The van der Waals surface area contributed by atoms with E-state index in [-0.39, 0.29) is 24.2 Å². The molecule has 0 unspecified atom stereocenters. The van der Waals surface area contributed by atoms with Crippen LogP contribution in [0, 0.1) is 12.8 Å². The second-order valence-corrected chi connectivity index (χ2v) is 9.60. The molecular weight excluding hydrogens is 360 g/mol. The minimum atomic E-state index is -3.96. The maximum atomic E-state index is 12.6. The first-order valence-corrected chi connectivity index (χ1v) is 10.1. The molecule has 0 aromatic heterocycles. The van der Waals surface area contributed by atoms with Crippen molar-refractivity contribution in [3.8, 4) is 0 Å². The Morgan fingerprint density at radius 3 is 2.38 bits per heavy atom. The first kappa shape index (κ1) is 18.3. The van der Waals surface area contributed by atoms with E-state index in [0.717, 1.165) is 5.56 Å². The van der Waals surface area contributed by atoms with Gasteiger partial charge in [-0.1, -0.05) is 17.7 Å². The van der Waals surface area contributed by atoms with Gasteiger partial charge in [0.15, 0.2) is 5.79 Å². The number of aliphatic hydroxyl groups is 1. The van der Waals surface area contributed by atoms with Crippen LogP contribution in [0.15, 0.2) is 29.2 Å². The van der Waals surface area contributed by atoms with Gasteiger partial charge < -0.3 is 19.3 Å². The zero-order chi connectivity index (χ0) is 19.0. The highest BCUT2D eigenvalue weighted by Gasteiger charge is 2.81. The summed E-state index contributed by atoms with van der Waals surface area (Å²) in [6.45, 7) is 6.83. The Balaban J connectivity index is 1.62. The zero-order valence-electron chi connectivity index (χ0n) is 15.3. The molecule has 1 saturated carbocycles. The molecule has 1 N–H and O–H groups in total. The van der Waals surface area contributed by atoms with Crippen molar-refractivity contribution in [1.29, 1.82) is 0 Å². The summed E-state index contributed by atoms with van der Waals surface area (Å²) in [7, 11) is -3.96. The van der Waals surface area contributed by atoms with Crippen molar-refractivity contribution >= 4 is 10.1 Å². The molecule has 0 radical (unpaired) electrons. The fraction of sp³-hybridized carbons (Fsp3) is 0.667. The molecule has 2 aliphatic heterocycles. The number of ether oxygens (including phenoxy) is 3. The number of rotatable bonds is 5. The predicted octanol–water partition coefficient (Wildman–Crippen LogP) is 1.37. The number of aliphatic hydroxyl groups excluding tert-OH is 1. The van der Waals surface area contributed by atoms with Gasteiger partial charge in [-0.15, -0.1) is 0 Å². The second-order valence-electron chi connectivity index (χ2n) is 7.98. The number of fused-ring (bicyclic) bond motifs is 3. The minimum Gasteiger partial charge on any atom is -0.396 e. The van der Waals surface area contributed by atoms with Gasteiger partial charge in [0.2, 0.25) is 0 Å². The summed E-state index contributed by atoms with van der Waals surface area (Å²) < 4.78 is 48.4. The van der Waals surface area contributed by atoms with Crippen LogP contribution < -0.4 is 0 Å². The van der Waals surface area contributed by atoms with E-state index in [2.05, 4.69) is 0 Å². The smallest absolute Gasteiger partial charge is 0.297 e. The molecule has 0 bridgehead atoms. The fourth-order valence-corrected chi connectivity index (χ4v) is 5.34. The van der Waals surface area contributed by atoms with Crippen LogP contribution in [-0.2, 0) is 28.5 Å². The predicted molar refractivity (Wildman–Crippen MR) is 90.9 cm³/mol. The summed E-state index contributed by atoms with van der Waals surface area (Å²) in [5, 5.41) is 9.97. The van der Waals surface area contributed by atoms with Crippen LogP contribution in [0.5, 0.6) is 0 Å². The molecule has 5 atom stereocenters. The summed E-state index contributed by atoms with van der Waals surface area (Å²) in [6, 6.07) is 6.45. The van der Waals surface area contributed by atoms with Gasteiger partial charge in [-0.3, -0.25) is 4.18 Å². The van der Waals surface area contributed by atoms with Crippen molar-refractivity contribution in [1.82, 2.24) is 0 Å². The second kappa shape index (κ2) is 5.50.